The van der Waals surface area contributed by atoms with E-state index in [0.29, 0.717) is 13.0 Å². The Labute approximate surface area is 107 Å². The number of amides is 2. The molecular weight excluding hydrogens is 228 g/mol. The van der Waals surface area contributed by atoms with Crippen molar-refractivity contribution in [2.75, 3.05) is 6.54 Å². The van der Waals surface area contributed by atoms with Crippen LogP contribution in [0.2, 0.25) is 0 Å². The molecule has 96 valence electrons. The van der Waals surface area contributed by atoms with Gasteiger partial charge in [-0.1, -0.05) is 36.8 Å². The Morgan fingerprint density at radius 3 is 2.83 bits per heavy atom. The molecule has 0 aliphatic carbocycles. The fourth-order valence-corrected chi connectivity index (χ4v) is 2.21. The van der Waals surface area contributed by atoms with E-state index in [9.17, 15) is 9.59 Å². The lowest BCUT2D eigenvalue weighted by Crippen LogP contribution is -2.57. The highest BCUT2D eigenvalue weighted by Gasteiger charge is 2.31. The second kappa shape index (κ2) is 5.21. The van der Waals surface area contributed by atoms with Gasteiger partial charge in [0.25, 0.3) is 0 Å². The van der Waals surface area contributed by atoms with Crippen molar-refractivity contribution < 1.29 is 9.59 Å². The van der Waals surface area contributed by atoms with Crippen molar-refractivity contribution in [3.8, 4) is 0 Å². The fourth-order valence-electron chi connectivity index (χ4n) is 2.21. The Hall–Kier alpha value is -1.84. The van der Waals surface area contributed by atoms with E-state index >= 15 is 0 Å². The molecule has 2 rings (SSSR count). The summed E-state index contributed by atoms with van der Waals surface area (Å²) in [5, 5.41) is 2.71. The molecule has 1 unspecified atom stereocenters. The van der Waals surface area contributed by atoms with Crippen molar-refractivity contribution in [3.63, 3.8) is 0 Å². The lowest BCUT2D eigenvalue weighted by atomic mass is 10.1. The predicted molar refractivity (Wildman–Crippen MR) is 68.8 cm³/mol. The van der Waals surface area contributed by atoms with E-state index in [0.717, 1.165) is 11.1 Å². The molecule has 1 aliphatic rings. The number of hydrogen-bond acceptors (Lipinski definition) is 2. The van der Waals surface area contributed by atoms with Crippen LogP contribution >= 0.6 is 0 Å². The number of carbonyl (C=O) groups excluding carboxylic acids is 2. The summed E-state index contributed by atoms with van der Waals surface area (Å²) in [6, 6.07) is 7.64. The smallest absolute Gasteiger partial charge is 0.245 e. The molecule has 18 heavy (non-hydrogen) atoms. The standard InChI is InChI=1S/C14H18N2O2/c1-3-12-14(18)16(9-13(17)15-12)8-11-6-4-5-10(2)7-11/h4-7,12H,3,8-9H2,1-2H3,(H,15,17). The highest BCUT2D eigenvalue weighted by atomic mass is 16.2. The van der Waals surface area contributed by atoms with Crippen LogP contribution in [-0.2, 0) is 16.1 Å². The molecule has 1 saturated heterocycles. The normalized spacial score (nSPS) is 19.9. The van der Waals surface area contributed by atoms with E-state index < -0.39 is 0 Å². The molecule has 0 spiro atoms. The number of nitrogens with one attached hydrogen (secondary N) is 1. The molecule has 1 N–H and O–H groups in total. The summed E-state index contributed by atoms with van der Waals surface area (Å²) in [6.45, 7) is 4.58. The van der Waals surface area contributed by atoms with Crippen LogP contribution in [0.5, 0.6) is 0 Å². The molecule has 4 nitrogen and oxygen atoms in total. The topological polar surface area (TPSA) is 49.4 Å². The van der Waals surface area contributed by atoms with Crippen LogP contribution in [0.1, 0.15) is 24.5 Å². The highest BCUT2D eigenvalue weighted by molar-refractivity contribution is 5.94. The maximum absolute atomic E-state index is 12.1. The molecule has 2 amide bonds. The van der Waals surface area contributed by atoms with Crippen LogP contribution in [0, 0.1) is 6.92 Å². The van der Waals surface area contributed by atoms with Crippen molar-refractivity contribution in [3.05, 3.63) is 35.4 Å². The molecule has 1 heterocycles. The number of hydrogen-bond donors (Lipinski definition) is 1. The van der Waals surface area contributed by atoms with Crippen LogP contribution in [0.25, 0.3) is 0 Å². The lowest BCUT2D eigenvalue weighted by Gasteiger charge is -2.32. The first-order valence-corrected chi connectivity index (χ1v) is 6.24. The van der Waals surface area contributed by atoms with Gasteiger partial charge in [-0.2, -0.15) is 0 Å². The number of carbonyl (C=O) groups is 2. The zero-order valence-corrected chi connectivity index (χ0v) is 10.8. The Balaban J connectivity index is 2.12. The van der Waals surface area contributed by atoms with E-state index in [1.807, 2.05) is 38.1 Å². The Kier molecular flexibility index (Phi) is 3.65. The van der Waals surface area contributed by atoms with Gasteiger partial charge in [-0.25, -0.2) is 0 Å². The first kappa shape index (κ1) is 12.6. The number of rotatable bonds is 3. The lowest BCUT2D eigenvalue weighted by molar-refractivity contribution is -0.144. The van der Waals surface area contributed by atoms with Gasteiger partial charge in [-0.15, -0.1) is 0 Å². The largest absolute Gasteiger partial charge is 0.343 e. The van der Waals surface area contributed by atoms with E-state index in [2.05, 4.69) is 5.32 Å². The maximum atomic E-state index is 12.1. The van der Waals surface area contributed by atoms with Gasteiger partial charge in [-0.3, -0.25) is 9.59 Å². The molecule has 1 atom stereocenters. The highest BCUT2D eigenvalue weighted by Crippen LogP contribution is 2.12. The van der Waals surface area contributed by atoms with Gasteiger partial charge in [-0.05, 0) is 18.9 Å². The summed E-state index contributed by atoms with van der Waals surface area (Å²) in [5.41, 5.74) is 2.22. The fraction of sp³-hybridized carbons (Fsp3) is 0.429. The third-order valence-corrected chi connectivity index (χ3v) is 3.14. The van der Waals surface area contributed by atoms with Gasteiger partial charge in [0, 0.05) is 6.54 Å². The maximum Gasteiger partial charge on any atom is 0.245 e. The van der Waals surface area contributed by atoms with E-state index in [4.69, 9.17) is 0 Å². The van der Waals surface area contributed by atoms with Crippen LogP contribution < -0.4 is 5.32 Å². The average Bonchev–Trinajstić information content (AvgIpc) is 2.33. The molecule has 1 aromatic carbocycles. The van der Waals surface area contributed by atoms with Crippen molar-refractivity contribution in [1.29, 1.82) is 0 Å². The van der Waals surface area contributed by atoms with Crippen molar-refractivity contribution in [1.82, 2.24) is 10.2 Å². The van der Waals surface area contributed by atoms with Gasteiger partial charge in [0.05, 0.1) is 6.54 Å². The molecule has 0 radical (unpaired) electrons. The Morgan fingerprint density at radius 1 is 1.39 bits per heavy atom. The number of benzene rings is 1. The Bertz CT molecular complexity index is 471. The van der Waals surface area contributed by atoms with E-state index in [1.54, 1.807) is 4.90 Å². The van der Waals surface area contributed by atoms with Crippen molar-refractivity contribution in [2.45, 2.75) is 32.9 Å². The zero-order chi connectivity index (χ0) is 13.1. The molecule has 1 aromatic rings. The number of piperazine rings is 1. The zero-order valence-electron chi connectivity index (χ0n) is 10.8. The van der Waals surface area contributed by atoms with Crippen LogP contribution in [0.4, 0.5) is 0 Å². The van der Waals surface area contributed by atoms with Gasteiger partial charge in [0.15, 0.2) is 0 Å². The van der Waals surface area contributed by atoms with E-state index in [1.165, 1.54) is 0 Å². The predicted octanol–water partition coefficient (Wildman–Crippen LogP) is 1.23. The molecule has 0 bridgehead atoms. The molecule has 0 aromatic heterocycles. The minimum absolute atomic E-state index is 0.0126. The number of aryl methyl sites for hydroxylation is 1. The molecule has 1 aliphatic heterocycles. The first-order valence-electron chi connectivity index (χ1n) is 6.24. The summed E-state index contributed by atoms with van der Waals surface area (Å²) in [5.74, 6) is -0.0623. The van der Waals surface area contributed by atoms with Crippen LogP contribution in [-0.4, -0.2) is 29.3 Å². The van der Waals surface area contributed by atoms with Crippen LogP contribution in [0.15, 0.2) is 24.3 Å². The quantitative estimate of drug-likeness (QED) is 0.872. The monoisotopic (exact) mass is 246 g/mol. The average molecular weight is 246 g/mol. The summed E-state index contributed by atoms with van der Waals surface area (Å²) in [4.78, 5) is 25.3. The summed E-state index contributed by atoms with van der Waals surface area (Å²) in [7, 11) is 0. The SMILES string of the molecule is CCC1NC(=O)CN(Cc2cccc(C)c2)C1=O. The van der Waals surface area contributed by atoms with Gasteiger partial charge >= 0.3 is 0 Å². The second-order valence-corrected chi connectivity index (χ2v) is 4.71. The summed E-state index contributed by atoms with van der Waals surface area (Å²) in [6.07, 6.45) is 0.634. The van der Waals surface area contributed by atoms with Gasteiger partial charge in [0.1, 0.15) is 6.04 Å². The van der Waals surface area contributed by atoms with Crippen molar-refractivity contribution >= 4 is 11.8 Å². The molecule has 1 fully saturated rings. The molecule has 4 heteroatoms. The molecule has 0 saturated carbocycles. The minimum Gasteiger partial charge on any atom is -0.343 e. The van der Waals surface area contributed by atoms with Crippen molar-refractivity contribution in [2.24, 2.45) is 0 Å². The Morgan fingerprint density at radius 2 is 2.17 bits per heavy atom. The van der Waals surface area contributed by atoms with E-state index in [-0.39, 0.29) is 24.4 Å². The minimum atomic E-state index is -0.365. The van der Waals surface area contributed by atoms with Crippen LogP contribution in [0.3, 0.4) is 0 Å². The second-order valence-electron chi connectivity index (χ2n) is 4.71. The molecular formula is C14H18N2O2. The van der Waals surface area contributed by atoms with Gasteiger partial charge in [0.2, 0.25) is 11.8 Å². The first-order chi connectivity index (χ1) is 8.60. The van der Waals surface area contributed by atoms with Gasteiger partial charge < -0.3 is 10.2 Å². The third kappa shape index (κ3) is 2.70. The summed E-state index contributed by atoms with van der Waals surface area (Å²) >= 11 is 0. The summed E-state index contributed by atoms with van der Waals surface area (Å²) < 4.78 is 0. The third-order valence-electron chi connectivity index (χ3n) is 3.14. The number of nitrogens with zero attached hydrogens (tertiary/aromatic N) is 1.